The lowest BCUT2D eigenvalue weighted by Gasteiger charge is -2.13. The lowest BCUT2D eigenvalue weighted by Crippen LogP contribution is -2.21. The van der Waals surface area contributed by atoms with Gasteiger partial charge in [-0.2, -0.15) is 0 Å². The molecule has 11 heteroatoms. The molecule has 0 aliphatic rings. The summed E-state index contributed by atoms with van der Waals surface area (Å²) in [6.07, 6.45) is 0. The number of ether oxygens (including phenoxy) is 2. The second-order valence-corrected chi connectivity index (χ2v) is 8.27. The molecule has 0 amide bonds. The first kappa shape index (κ1) is 21.7. The van der Waals surface area contributed by atoms with Gasteiger partial charge in [-0.15, -0.1) is 11.3 Å². The molecule has 1 aromatic carbocycles. The number of methoxy groups -OCH3 is 2. The van der Waals surface area contributed by atoms with Gasteiger partial charge in [0.2, 0.25) is 0 Å². The lowest BCUT2D eigenvalue weighted by molar-refractivity contribution is 0.0601. The minimum atomic E-state index is -0.639. The Morgan fingerprint density at radius 3 is 2.33 bits per heavy atom. The molecule has 1 heterocycles. The molecule has 0 spiro atoms. The van der Waals surface area contributed by atoms with Gasteiger partial charge in [-0.05, 0) is 52.8 Å². The first-order valence-electron chi connectivity index (χ1n) is 7.22. The fourth-order valence-electron chi connectivity index (χ4n) is 2.15. The summed E-state index contributed by atoms with van der Waals surface area (Å²) in [4.78, 5) is 24.3. The molecule has 2 N–H and O–H groups in total. The maximum atomic E-state index is 14.1. The molecular weight excluding hydrogens is 527 g/mol. The van der Waals surface area contributed by atoms with Crippen molar-refractivity contribution in [3.63, 3.8) is 0 Å². The van der Waals surface area contributed by atoms with Gasteiger partial charge >= 0.3 is 11.9 Å². The van der Waals surface area contributed by atoms with Gasteiger partial charge in [0.25, 0.3) is 0 Å². The summed E-state index contributed by atoms with van der Waals surface area (Å²) in [5.74, 6) is -1.76. The van der Waals surface area contributed by atoms with Crippen molar-refractivity contribution < 1.29 is 23.5 Å². The number of hydrogen-bond acceptors (Lipinski definition) is 6. The smallest absolute Gasteiger partial charge is 0.348 e. The van der Waals surface area contributed by atoms with Gasteiger partial charge in [-0.3, -0.25) is 0 Å². The van der Waals surface area contributed by atoms with E-state index in [0.717, 1.165) is 11.3 Å². The van der Waals surface area contributed by atoms with Gasteiger partial charge in [0.05, 0.1) is 25.5 Å². The third-order valence-corrected chi connectivity index (χ3v) is 5.85. The number of halogens is 3. The quantitative estimate of drug-likeness (QED) is 0.413. The number of anilines is 2. The predicted octanol–water partition coefficient (Wildman–Crippen LogP) is 5.10. The molecule has 0 aliphatic carbocycles. The average molecular weight is 540 g/mol. The van der Waals surface area contributed by atoms with Gasteiger partial charge in [0.15, 0.2) is 5.11 Å². The fourth-order valence-corrected chi connectivity index (χ4v) is 4.80. The van der Waals surface area contributed by atoms with Gasteiger partial charge < -0.3 is 20.1 Å². The standard InChI is InChI=1S/C16H13Br2FN2O4S2/c1-6-10(14(22)24-2)13(27-12(6)15(23)25-3)21-16(26)20-11-8(18)4-7(17)5-9(11)19/h4-5H,1-3H3,(H2,20,21,26). The number of benzene rings is 1. The van der Waals surface area contributed by atoms with Crippen LogP contribution in [0.2, 0.25) is 0 Å². The van der Waals surface area contributed by atoms with Crippen molar-refractivity contribution >= 4 is 83.2 Å². The molecule has 0 unspecified atom stereocenters. The summed E-state index contributed by atoms with van der Waals surface area (Å²) in [5, 5.41) is 5.85. The highest BCUT2D eigenvalue weighted by Crippen LogP contribution is 2.35. The zero-order valence-electron chi connectivity index (χ0n) is 14.2. The van der Waals surface area contributed by atoms with Gasteiger partial charge in [-0.25, -0.2) is 14.0 Å². The topological polar surface area (TPSA) is 76.7 Å². The van der Waals surface area contributed by atoms with Crippen molar-refractivity contribution in [3.8, 4) is 0 Å². The Kier molecular flexibility index (Phi) is 7.32. The summed E-state index contributed by atoms with van der Waals surface area (Å²) in [6, 6.07) is 2.93. The van der Waals surface area contributed by atoms with E-state index < -0.39 is 17.8 Å². The van der Waals surface area contributed by atoms with E-state index in [1.807, 2.05) is 0 Å². The lowest BCUT2D eigenvalue weighted by atomic mass is 10.1. The first-order chi connectivity index (χ1) is 12.7. The van der Waals surface area contributed by atoms with Crippen LogP contribution in [0.3, 0.4) is 0 Å². The molecule has 0 aliphatic heterocycles. The number of esters is 2. The van der Waals surface area contributed by atoms with Crippen molar-refractivity contribution in [2.45, 2.75) is 6.92 Å². The van der Waals surface area contributed by atoms with Crippen molar-refractivity contribution in [2.75, 3.05) is 24.9 Å². The molecule has 0 fully saturated rings. The van der Waals surface area contributed by atoms with Crippen LogP contribution in [0.5, 0.6) is 0 Å². The molecule has 1 aromatic heterocycles. The molecule has 0 radical (unpaired) electrons. The summed E-state index contributed by atoms with van der Waals surface area (Å²) in [7, 11) is 2.47. The van der Waals surface area contributed by atoms with Crippen LogP contribution in [-0.2, 0) is 9.47 Å². The molecule has 0 atom stereocenters. The van der Waals surface area contributed by atoms with Crippen molar-refractivity contribution in [1.29, 1.82) is 0 Å². The third-order valence-electron chi connectivity index (χ3n) is 3.38. The Morgan fingerprint density at radius 1 is 1.15 bits per heavy atom. The minimum absolute atomic E-state index is 0.0275. The summed E-state index contributed by atoms with van der Waals surface area (Å²) in [6.45, 7) is 1.60. The van der Waals surface area contributed by atoms with Crippen molar-refractivity contribution in [3.05, 3.63) is 42.9 Å². The normalized spacial score (nSPS) is 10.3. The number of carbonyl (C=O) groups is 2. The Labute approximate surface area is 180 Å². The Morgan fingerprint density at radius 2 is 1.78 bits per heavy atom. The molecule has 27 heavy (non-hydrogen) atoms. The Hall–Kier alpha value is -1.56. The van der Waals surface area contributed by atoms with Crippen LogP contribution in [0.1, 0.15) is 25.6 Å². The van der Waals surface area contributed by atoms with Crippen LogP contribution in [0.25, 0.3) is 0 Å². The van der Waals surface area contributed by atoms with Crippen LogP contribution in [0, 0.1) is 12.7 Å². The number of hydrogen-bond donors (Lipinski definition) is 2. The number of thiocarbonyl (C=S) groups is 1. The van der Waals surface area contributed by atoms with E-state index in [1.165, 1.54) is 20.3 Å². The van der Waals surface area contributed by atoms with Crippen LogP contribution in [0.4, 0.5) is 15.1 Å². The SMILES string of the molecule is COC(=O)c1sc(NC(=S)Nc2c(F)cc(Br)cc2Br)c(C(=O)OC)c1C. The summed E-state index contributed by atoms with van der Waals surface area (Å²) < 4.78 is 24.7. The summed E-state index contributed by atoms with van der Waals surface area (Å²) >= 11 is 12.6. The first-order valence-corrected chi connectivity index (χ1v) is 10.0. The van der Waals surface area contributed by atoms with E-state index in [1.54, 1.807) is 13.0 Å². The maximum Gasteiger partial charge on any atom is 0.348 e. The zero-order chi connectivity index (χ0) is 20.3. The molecule has 0 saturated carbocycles. The number of nitrogens with one attached hydrogen (secondary N) is 2. The second-order valence-electron chi connectivity index (χ2n) is 5.07. The van der Waals surface area contributed by atoms with Crippen LogP contribution in [0.15, 0.2) is 21.1 Å². The number of thiophene rings is 1. The highest BCUT2D eigenvalue weighted by molar-refractivity contribution is 9.11. The Bertz CT molecular complexity index is 910. The van der Waals surface area contributed by atoms with Crippen LogP contribution >= 0.6 is 55.4 Å². The van der Waals surface area contributed by atoms with Crippen LogP contribution < -0.4 is 10.6 Å². The molecule has 0 saturated heterocycles. The zero-order valence-corrected chi connectivity index (χ0v) is 19.0. The van der Waals surface area contributed by atoms with Crippen molar-refractivity contribution in [2.24, 2.45) is 0 Å². The van der Waals surface area contributed by atoms with Gasteiger partial charge in [0, 0.05) is 8.95 Å². The number of rotatable bonds is 4. The fraction of sp³-hybridized carbons (Fsp3) is 0.188. The highest BCUT2D eigenvalue weighted by Gasteiger charge is 2.26. The van der Waals surface area contributed by atoms with E-state index >= 15 is 0 Å². The molecular formula is C16H13Br2FN2O4S2. The molecule has 144 valence electrons. The van der Waals surface area contributed by atoms with E-state index in [4.69, 9.17) is 21.7 Å². The van der Waals surface area contributed by atoms with Gasteiger partial charge in [0.1, 0.15) is 15.7 Å². The monoisotopic (exact) mass is 538 g/mol. The highest BCUT2D eigenvalue weighted by atomic mass is 79.9. The summed E-state index contributed by atoms with van der Waals surface area (Å²) in [5.41, 5.74) is 0.680. The van der Waals surface area contributed by atoms with E-state index in [2.05, 4.69) is 42.5 Å². The molecule has 6 nitrogen and oxygen atoms in total. The van der Waals surface area contributed by atoms with Crippen LogP contribution in [-0.4, -0.2) is 31.3 Å². The second kappa shape index (κ2) is 9.09. The van der Waals surface area contributed by atoms with Gasteiger partial charge in [-0.1, -0.05) is 15.9 Å². The Balaban J connectivity index is 2.35. The largest absolute Gasteiger partial charge is 0.465 e. The van der Waals surface area contributed by atoms with Crippen molar-refractivity contribution in [1.82, 2.24) is 0 Å². The molecule has 0 bridgehead atoms. The van der Waals surface area contributed by atoms with E-state index in [-0.39, 0.29) is 26.2 Å². The minimum Gasteiger partial charge on any atom is -0.465 e. The predicted molar refractivity (Wildman–Crippen MR) is 113 cm³/mol. The number of carbonyl (C=O) groups excluding carboxylic acids is 2. The maximum absolute atomic E-state index is 14.1. The van der Waals surface area contributed by atoms with E-state index in [0.29, 0.717) is 14.5 Å². The van der Waals surface area contributed by atoms with E-state index in [9.17, 15) is 14.0 Å². The molecule has 2 rings (SSSR count). The molecule has 2 aromatic rings. The average Bonchev–Trinajstić information content (AvgIpc) is 2.92. The third kappa shape index (κ3) is 4.84.